The number of anilines is 1. The molecule has 3 fully saturated rings. The lowest BCUT2D eigenvalue weighted by Crippen LogP contribution is -2.54. The molecule has 4 bridgehead atoms. The lowest BCUT2D eigenvalue weighted by molar-refractivity contribution is -0.135. The highest BCUT2D eigenvalue weighted by molar-refractivity contribution is 5.89. The summed E-state index contributed by atoms with van der Waals surface area (Å²) in [4.78, 5) is 29.4. The van der Waals surface area contributed by atoms with Crippen molar-refractivity contribution in [1.29, 1.82) is 0 Å². The molecule has 7 heteroatoms. The first-order chi connectivity index (χ1) is 15.9. The number of amides is 3. The van der Waals surface area contributed by atoms with Crippen LogP contribution in [0.25, 0.3) is 0 Å². The molecule has 4 aliphatic rings. The molecule has 1 aromatic rings. The standard InChI is InChI=1S/C26H35FN4O2/c1-16-8-19(27)12-20(9-16)28-26(33)29-21-13-22-6-7-23(14-21)30(22)15-18-10-24-4-3-5-25(11-18)31(24)17(2)32/h8-10,12,21-25H,3-7,11,13-15H2,1-2H3,(H2,28,29,33)/t21?,22-,23+,24?,25?. The molecule has 4 heterocycles. The second-order valence-corrected chi connectivity index (χ2v) is 10.4. The molecule has 0 radical (unpaired) electrons. The van der Waals surface area contributed by atoms with Gasteiger partial charge in [-0.2, -0.15) is 0 Å². The maximum atomic E-state index is 13.6. The lowest BCUT2D eigenvalue weighted by Gasteiger charge is -2.46. The third kappa shape index (κ3) is 4.79. The van der Waals surface area contributed by atoms with Crippen molar-refractivity contribution in [2.75, 3.05) is 11.9 Å². The number of carbonyl (C=O) groups is 2. The predicted octanol–water partition coefficient (Wildman–Crippen LogP) is 4.35. The van der Waals surface area contributed by atoms with Crippen molar-refractivity contribution >= 4 is 17.6 Å². The first kappa shape index (κ1) is 22.4. The third-order valence-corrected chi connectivity index (χ3v) is 7.98. The highest BCUT2D eigenvalue weighted by atomic mass is 19.1. The molecule has 3 amide bonds. The molecule has 1 aromatic carbocycles. The molecule has 0 aliphatic carbocycles. The Labute approximate surface area is 195 Å². The van der Waals surface area contributed by atoms with Crippen LogP contribution in [0, 0.1) is 12.7 Å². The summed E-state index contributed by atoms with van der Waals surface area (Å²) in [6.07, 6.45) is 11.0. The smallest absolute Gasteiger partial charge is 0.319 e. The molecule has 178 valence electrons. The van der Waals surface area contributed by atoms with Crippen LogP contribution in [-0.2, 0) is 4.79 Å². The number of hydrogen-bond donors (Lipinski definition) is 2. The van der Waals surface area contributed by atoms with Crippen LogP contribution in [0.1, 0.15) is 63.9 Å². The van der Waals surface area contributed by atoms with Crippen LogP contribution in [0.4, 0.5) is 14.9 Å². The van der Waals surface area contributed by atoms with E-state index < -0.39 is 0 Å². The van der Waals surface area contributed by atoms with Crippen LogP contribution in [0.15, 0.2) is 29.8 Å². The second-order valence-electron chi connectivity index (χ2n) is 10.4. The van der Waals surface area contributed by atoms with Gasteiger partial charge < -0.3 is 15.5 Å². The number of aryl methyl sites for hydroxylation is 1. The number of carbonyl (C=O) groups excluding carboxylic acids is 2. The fourth-order valence-electron chi connectivity index (χ4n) is 6.77. The summed E-state index contributed by atoms with van der Waals surface area (Å²) in [5.74, 6) is -0.136. The zero-order chi connectivity index (χ0) is 23.1. The Morgan fingerprint density at radius 1 is 1.06 bits per heavy atom. The topological polar surface area (TPSA) is 64.7 Å². The minimum absolute atomic E-state index is 0.140. The van der Waals surface area contributed by atoms with Crippen LogP contribution >= 0.6 is 0 Å². The Morgan fingerprint density at radius 2 is 1.82 bits per heavy atom. The van der Waals surface area contributed by atoms with Crippen LogP contribution < -0.4 is 10.6 Å². The summed E-state index contributed by atoms with van der Waals surface area (Å²) in [6, 6.07) is 6.06. The monoisotopic (exact) mass is 454 g/mol. The molecule has 0 spiro atoms. The lowest BCUT2D eigenvalue weighted by atomic mass is 9.84. The molecule has 6 nitrogen and oxygen atoms in total. The minimum atomic E-state index is -0.343. The Balaban J connectivity index is 1.18. The van der Waals surface area contributed by atoms with Crippen molar-refractivity contribution in [2.45, 2.75) is 95.4 Å². The minimum Gasteiger partial charge on any atom is -0.335 e. The normalized spacial score (nSPS) is 31.2. The van der Waals surface area contributed by atoms with Crippen molar-refractivity contribution in [1.82, 2.24) is 15.1 Å². The van der Waals surface area contributed by atoms with Gasteiger partial charge >= 0.3 is 6.03 Å². The summed E-state index contributed by atoms with van der Waals surface area (Å²) in [5, 5.41) is 5.91. The number of urea groups is 1. The SMILES string of the molecule is CC(=O)N1C2C=C(CN3[C@@H]4CC[C@H]3CC(NC(=O)Nc3cc(C)cc(F)c3)C4)CC1CCC2. The van der Waals surface area contributed by atoms with Gasteiger partial charge in [0.05, 0.1) is 6.04 Å². The van der Waals surface area contributed by atoms with Crippen LogP contribution in [0.3, 0.4) is 0 Å². The van der Waals surface area contributed by atoms with Gasteiger partial charge in [0.15, 0.2) is 0 Å². The highest BCUT2D eigenvalue weighted by Crippen LogP contribution is 2.39. The molecule has 5 atom stereocenters. The van der Waals surface area contributed by atoms with Crippen molar-refractivity contribution in [3.05, 3.63) is 41.2 Å². The summed E-state index contributed by atoms with van der Waals surface area (Å²) in [6.45, 7) is 4.51. The third-order valence-electron chi connectivity index (χ3n) is 7.98. The molecule has 33 heavy (non-hydrogen) atoms. The molecular weight excluding hydrogens is 419 g/mol. The van der Waals surface area contributed by atoms with E-state index in [-0.39, 0.29) is 29.8 Å². The van der Waals surface area contributed by atoms with Gasteiger partial charge in [0.2, 0.25) is 5.91 Å². The fraction of sp³-hybridized carbons (Fsp3) is 0.615. The second kappa shape index (κ2) is 9.09. The van der Waals surface area contributed by atoms with E-state index in [0.717, 1.165) is 44.2 Å². The van der Waals surface area contributed by atoms with Gasteiger partial charge in [0.1, 0.15) is 5.82 Å². The zero-order valence-corrected chi connectivity index (χ0v) is 19.6. The Kier molecular flexibility index (Phi) is 6.16. The van der Waals surface area contributed by atoms with Gasteiger partial charge in [0.25, 0.3) is 0 Å². The molecule has 2 N–H and O–H groups in total. The number of piperidine rings is 2. The number of halogens is 1. The average molecular weight is 455 g/mol. The fourth-order valence-corrected chi connectivity index (χ4v) is 6.77. The number of nitrogens with zero attached hydrogens (tertiary/aromatic N) is 2. The Morgan fingerprint density at radius 3 is 2.48 bits per heavy atom. The molecule has 5 rings (SSSR count). The van der Waals surface area contributed by atoms with E-state index in [1.54, 1.807) is 13.0 Å². The number of fused-ring (bicyclic) bond motifs is 4. The summed E-state index contributed by atoms with van der Waals surface area (Å²) in [5.41, 5.74) is 2.76. The maximum Gasteiger partial charge on any atom is 0.319 e. The van der Waals surface area contributed by atoms with E-state index in [4.69, 9.17) is 0 Å². The van der Waals surface area contributed by atoms with Crippen molar-refractivity contribution in [3.63, 3.8) is 0 Å². The molecular formula is C26H35FN4O2. The van der Waals surface area contributed by atoms with Gasteiger partial charge in [-0.3, -0.25) is 9.69 Å². The van der Waals surface area contributed by atoms with Gasteiger partial charge in [-0.1, -0.05) is 11.6 Å². The van der Waals surface area contributed by atoms with Gasteiger partial charge in [0, 0.05) is 43.3 Å². The Hall–Kier alpha value is -2.41. The van der Waals surface area contributed by atoms with Crippen molar-refractivity contribution < 1.29 is 14.0 Å². The Bertz CT molecular complexity index is 929. The first-order valence-electron chi connectivity index (χ1n) is 12.4. The highest BCUT2D eigenvalue weighted by Gasteiger charge is 2.42. The number of hydrogen-bond acceptors (Lipinski definition) is 3. The summed E-state index contributed by atoms with van der Waals surface area (Å²) >= 11 is 0. The summed E-state index contributed by atoms with van der Waals surface area (Å²) < 4.78 is 13.6. The quantitative estimate of drug-likeness (QED) is 0.665. The van der Waals surface area contributed by atoms with Crippen molar-refractivity contribution in [3.8, 4) is 0 Å². The number of nitrogens with one attached hydrogen (secondary N) is 2. The van der Waals surface area contributed by atoms with E-state index in [9.17, 15) is 14.0 Å². The van der Waals surface area contributed by atoms with Crippen LogP contribution in [0.2, 0.25) is 0 Å². The van der Waals surface area contributed by atoms with E-state index in [1.165, 1.54) is 37.0 Å². The van der Waals surface area contributed by atoms with E-state index in [2.05, 4.69) is 26.5 Å². The molecule has 0 aromatic heterocycles. The molecule has 0 saturated carbocycles. The number of rotatable bonds is 4. The molecule has 3 unspecified atom stereocenters. The van der Waals surface area contributed by atoms with Gasteiger partial charge in [-0.15, -0.1) is 0 Å². The summed E-state index contributed by atoms with van der Waals surface area (Å²) in [7, 11) is 0. The zero-order valence-electron chi connectivity index (χ0n) is 19.6. The van der Waals surface area contributed by atoms with Crippen molar-refractivity contribution in [2.24, 2.45) is 0 Å². The van der Waals surface area contributed by atoms with Crippen LogP contribution in [0.5, 0.6) is 0 Å². The predicted molar refractivity (Wildman–Crippen MR) is 126 cm³/mol. The van der Waals surface area contributed by atoms with E-state index in [1.807, 2.05) is 6.92 Å². The van der Waals surface area contributed by atoms with Crippen LogP contribution in [-0.4, -0.2) is 58.5 Å². The van der Waals surface area contributed by atoms with E-state index in [0.29, 0.717) is 23.8 Å². The number of benzene rings is 1. The van der Waals surface area contributed by atoms with Gasteiger partial charge in [-0.25, -0.2) is 9.18 Å². The molecule has 4 aliphatic heterocycles. The average Bonchev–Trinajstić information content (AvgIpc) is 2.94. The largest absolute Gasteiger partial charge is 0.335 e. The maximum absolute atomic E-state index is 13.6. The van der Waals surface area contributed by atoms with Gasteiger partial charge in [-0.05, 0) is 82.1 Å². The molecule has 3 saturated heterocycles. The first-order valence-corrected chi connectivity index (χ1v) is 12.4. The van der Waals surface area contributed by atoms with E-state index >= 15 is 0 Å².